The molecule has 1 rings (SSSR count). The van der Waals surface area contributed by atoms with Crippen LogP contribution in [0.25, 0.3) is 0 Å². The highest BCUT2D eigenvalue weighted by atomic mass is 15.1. The molecule has 16 heavy (non-hydrogen) atoms. The van der Waals surface area contributed by atoms with Crippen LogP contribution in [0.15, 0.2) is 24.5 Å². The van der Waals surface area contributed by atoms with Crippen molar-refractivity contribution in [3.8, 4) is 0 Å². The minimum Gasteiger partial charge on any atom is -0.324 e. The zero-order chi connectivity index (χ0) is 12.0. The lowest BCUT2D eigenvalue weighted by molar-refractivity contribution is 0.228. The Morgan fingerprint density at radius 3 is 2.56 bits per heavy atom. The Kier molecular flexibility index (Phi) is 4.90. The second kappa shape index (κ2) is 5.97. The summed E-state index contributed by atoms with van der Waals surface area (Å²) in [4.78, 5) is 6.38. The standard InChI is InChI=1S/C13H23N3/c1-4-13(14,5-2)11-16(3)10-12-7-6-8-15-9-12/h6-9H,4-5,10-11,14H2,1-3H3. The van der Waals surface area contributed by atoms with E-state index in [0.29, 0.717) is 0 Å². The number of hydrogen-bond acceptors (Lipinski definition) is 3. The van der Waals surface area contributed by atoms with E-state index >= 15 is 0 Å². The van der Waals surface area contributed by atoms with Crippen LogP contribution in [0.4, 0.5) is 0 Å². The predicted octanol–water partition coefficient (Wildman–Crippen LogP) is 2.03. The fourth-order valence-corrected chi connectivity index (χ4v) is 1.87. The van der Waals surface area contributed by atoms with Gasteiger partial charge in [-0.2, -0.15) is 0 Å². The SMILES string of the molecule is CCC(N)(CC)CN(C)Cc1cccnc1. The molecule has 3 nitrogen and oxygen atoms in total. The van der Waals surface area contributed by atoms with Gasteiger partial charge in [0.25, 0.3) is 0 Å². The molecule has 1 aromatic heterocycles. The minimum atomic E-state index is -0.0586. The Morgan fingerprint density at radius 2 is 2.06 bits per heavy atom. The molecule has 1 heterocycles. The molecule has 0 aliphatic carbocycles. The van der Waals surface area contributed by atoms with Crippen LogP contribution in [0.2, 0.25) is 0 Å². The zero-order valence-electron chi connectivity index (χ0n) is 10.6. The fourth-order valence-electron chi connectivity index (χ4n) is 1.87. The number of aromatic nitrogens is 1. The van der Waals surface area contributed by atoms with Crippen molar-refractivity contribution in [1.29, 1.82) is 0 Å². The predicted molar refractivity (Wildman–Crippen MR) is 68.1 cm³/mol. The largest absolute Gasteiger partial charge is 0.324 e. The maximum absolute atomic E-state index is 6.29. The third-order valence-corrected chi connectivity index (χ3v) is 3.17. The lowest BCUT2D eigenvalue weighted by Crippen LogP contribution is -2.48. The van der Waals surface area contributed by atoms with Crippen LogP contribution in [0.3, 0.4) is 0 Å². The first-order chi connectivity index (χ1) is 7.59. The zero-order valence-corrected chi connectivity index (χ0v) is 10.6. The highest BCUT2D eigenvalue weighted by Gasteiger charge is 2.21. The monoisotopic (exact) mass is 221 g/mol. The number of hydrogen-bond donors (Lipinski definition) is 1. The smallest absolute Gasteiger partial charge is 0.0312 e. The van der Waals surface area contributed by atoms with Gasteiger partial charge in [-0.1, -0.05) is 19.9 Å². The van der Waals surface area contributed by atoms with Gasteiger partial charge >= 0.3 is 0 Å². The Hall–Kier alpha value is -0.930. The molecule has 90 valence electrons. The second-order valence-electron chi connectivity index (χ2n) is 4.60. The lowest BCUT2D eigenvalue weighted by Gasteiger charge is -2.31. The number of likely N-dealkylation sites (N-methyl/N-ethyl adjacent to an activating group) is 1. The molecule has 0 saturated heterocycles. The summed E-state index contributed by atoms with van der Waals surface area (Å²) < 4.78 is 0. The van der Waals surface area contributed by atoms with Gasteiger partial charge in [0.05, 0.1) is 0 Å². The van der Waals surface area contributed by atoms with Crippen molar-refractivity contribution >= 4 is 0 Å². The molecule has 0 amide bonds. The van der Waals surface area contributed by atoms with Gasteiger partial charge in [0.15, 0.2) is 0 Å². The molecule has 0 atom stereocenters. The molecule has 0 radical (unpaired) electrons. The van der Waals surface area contributed by atoms with Crippen LogP contribution in [0.1, 0.15) is 32.3 Å². The molecular weight excluding hydrogens is 198 g/mol. The summed E-state index contributed by atoms with van der Waals surface area (Å²) in [5.41, 5.74) is 7.47. The third-order valence-electron chi connectivity index (χ3n) is 3.17. The first-order valence-electron chi connectivity index (χ1n) is 5.96. The highest BCUT2D eigenvalue weighted by Crippen LogP contribution is 2.13. The van der Waals surface area contributed by atoms with Gasteiger partial charge in [-0.05, 0) is 31.5 Å². The summed E-state index contributed by atoms with van der Waals surface area (Å²) in [5.74, 6) is 0. The normalized spacial score (nSPS) is 12.1. The van der Waals surface area contributed by atoms with E-state index in [4.69, 9.17) is 5.73 Å². The van der Waals surface area contributed by atoms with E-state index in [9.17, 15) is 0 Å². The van der Waals surface area contributed by atoms with Gasteiger partial charge in [-0.25, -0.2) is 0 Å². The Labute approximate surface area is 98.7 Å². The van der Waals surface area contributed by atoms with Crippen molar-refractivity contribution in [2.24, 2.45) is 5.73 Å². The van der Waals surface area contributed by atoms with Crippen molar-refractivity contribution in [3.05, 3.63) is 30.1 Å². The fraction of sp³-hybridized carbons (Fsp3) is 0.615. The van der Waals surface area contributed by atoms with Crippen molar-refractivity contribution in [1.82, 2.24) is 9.88 Å². The molecule has 2 N–H and O–H groups in total. The summed E-state index contributed by atoms with van der Waals surface area (Å²) in [7, 11) is 2.11. The molecule has 0 bridgehead atoms. The van der Waals surface area contributed by atoms with Crippen molar-refractivity contribution in [2.75, 3.05) is 13.6 Å². The van der Waals surface area contributed by atoms with Crippen molar-refractivity contribution in [3.63, 3.8) is 0 Å². The topological polar surface area (TPSA) is 42.1 Å². The van der Waals surface area contributed by atoms with Gasteiger partial charge in [0.1, 0.15) is 0 Å². The van der Waals surface area contributed by atoms with Gasteiger partial charge in [0.2, 0.25) is 0 Å². The summed E-state index contributed by atoms with van der Waals surface area (Å²) in [6.07, 6.45) is 5.74. The van der Waals surface area contributed by atoms with Crippen LogP contribution >= 0.6 is 0 Å². The van der Waals surface area contributed by atoms with E-state index in [1.54, 1.807) is 6.20 Å². The summed E-state index contributed by atoms with van der Waals surface area (Å²) in [5, 5.41) is 0. The van der Waals surface area contributed by atoms with Crippen LogP contribution in [0, 0.1) is 0 Å². The number of rotatable bonds is 6. The van der Waals surface area contributed by atoms with Gasteiger partial charge in [-0.15, -0.1) is 0 Å². The maximum Gasteiger partial charge on any atom is 0.0312 e. The van der Waals surface area contributed by atoms with Crippen LogP contribution < -0.4 is 5.73 Å². The van der Waals surface area contributed by atoms with E-state index in [-0.39, 0.29) is 5.54 Å². The molecule has 0 aliphatic rings. The molecule has 0 unspecified atom stereocenters. The Balaban J connectivity index is 2.50. The molecule has 0 fully saturated rings. The average molecular weight is 221 g/mol. The Morgan fingerprint density at radius 1 is 1.38 bits per heavy atom. The molecular formula is C13H23N3. The first-order valence-corrected chi connectivity index (χ1v) is 5.96. The van der Waals surface area contributed by atoms with E-state index < -0.39 is 0 Å². The van der Waals surface area contributed by atoms with Crippen LogP contribution in [-0.2, 0) is 6.54 Å². The summed E-state index contributed by atoms with van der Waals surface area (Å²) >= 11 is 0. The number of nitrogens with two attached hydrogens (primary N) is 1. The number of pyridine rings is 1. The Bertz CT molecular complexity index is 293. The first kappa shape index (κ1) is 13.1. The summed E-state index contributed by atoms with van der Waals surface area (Å²) in [6, 6.07) is 4.07. The van der Waals surface area contributed by atoms with Gasteiger partial charge in [-0.3, -0.25) is 4.98 Å². The van der Waals surface area contributed by atoms with Gasteiger partial charge < -0.3 is 10.6 Å². The van der Waals surface area contributed by atoms with Crippen molar-refractivity contribution in [2.45, 2.75) is 38.8 Å². The molecule has 1 aromatic rings. The highest BCUT2D eigenvalue weighted by molar-refractivity contribution is 5.08. The molecule has 0 saturated carbocycles. The number of nitrogens with zero attached hydrogens (tertiary/aromatic N) is 2. The molecule has 0 aliphatic heterocycles. The third kappa shape index (κ3) is 3.91. The van der Waals surface area contributed by atoms with E-state index in [0.717, 1.165) is 25.9 Å². The quantitative estimate of drug-likeness (QED) is 0.799. The minimum absolute atomic E-state index is 0.0586. The lowest BCUT2D eigenvalue weighted by atomic mass is 9.93. The van der Waals surface area contributed by atoms with Crippen molar-refractivity contribution < 1.29 is 0 Å². The van der Waals surface area contributed by atoms with Crippen LogP contribution in [0.5, 0.6) is 0 Å². The van der Waals surface area contributed by atoms with E-state index in [2.05, 4.69) is 36.8 Å². The average Bonchev–Trinajstić information content (AvgIpc) is 2.30. The van der Waals surface area contributed by atoms with E-state index in [1.165, 1.54) is 5.56 Å². The molecule has 3 heteroatoms. The van der Waals surface area contributed by atoms with E-state index in [1.807, 2.05) is 12.3 Å². The maximum atomic E-state index is 6.29. The second-order valence-corrected chi connectivity index (χ2v) is 4.60. The van der Waals surface area contributed by atoms with Crippen LogP contribution in [-0.4, -0.2) is 29.0 Å². The molecule has 0 aromatic carbocycles. The molecule has 0 spiro atoms. The van der Waals surface area contributed by atoms with Gasteiger partial charge in [0, 0.05) is 31.0 Å². The summed E-state index contributed by atoms with van der Waals surface area (Å²) in [6.45, 7) is 6.14.